The molecule has 1 N–H and O–H groups in total. The van der Waals surface area contributed by atoms with Crippen molar-refractivity contribution < 1.29 is 9.59 Å². The highest BCUT2D eigenvalue weighted by Crippen LogP contribution is 2.39. The normalized spacial score (nSPS) is 13.9. The van der Waals surface area contributed by atoms with Crippen molar-refractivity contribution in [2.24, 2.45) is 0 Å². The molecule has 0 fully saturated rings. The van der Waals surface area contributed by atoms with Crippen molar-refractivity contribution in [1.82, 2.24) is 0 Å². The highest BCUT2D eigenvalue weighted by atomic mass is 35.5. The number of amides is 2. The Morgan fingerprint density at radius 1 is 0.879 bits per heavy atom. The van der Waals surface area contributed by atoms with Crippen LogP contribution >= 0.6 is 23.4 Å². The summed E-state index contributed by atoms with van der Waals surface area (Å²) in [5.74, 6) is -0.295. The molecule has 1 aliphatic rings. The van der Waals surface area contributed by atoms with E-state index < -0.39 is 0 Å². The van der Waals surface area contributed by atoms with E-state index in [1.165, 1.54) is 22.2 Å². The third-order valence-corrected chi connectivity index (χ3v) is 7.08. The van der Waals surface area contributed by atoms with Crippen molar-refractivity contribution in [3.8, 4) is 0 Å². The van der Waals surface area contributed by atoms with Crippen LogP contribution in [0.2, 0.25) is 5.02 Å². The highest BCUT2D eigenvalue weighted by molar-refractivity contribution is 8.04. The van der Waals surface area contributed by atoms with Crippen LogP contribution in [-0.2, 0) is 9.59 Å². The Labute approximate surface area is 203 Å². The first-order chi connectivity index (χ1) is 15.8. The van der Waals surface area contributed by atoms with E-state index in [4.69, 9.17) is 11.6 Å². The number of aryl methyl sites for hydroxylation is 1. The molecule has 0 atom stereocenters. The van der Waals surface area contributed by atoms with Crippen LogP contribution in [0.25, 0.3) is 0 Å². The molecule has 0 aromatic heterocycles. The SMILES string of the molecule is Cc1cccc(N2C(=O)C(Nc3ccc(C(C)C)cc3)=C(Sc3ccc(Cl)cc3)C2=O)c1C. The third-order valence-electron chi connectivity index (χ3n) is 5.74. The Hall–Kier alpha value is -3.02. The summed E-state index contributed by atoms with van der Waals surface area (Å²) in [4.78, 5) is 29.6. The molecule has 4 rings (SSSR count). The fourth-order valence-electron chi connectivity index (χ4n) is 3.63. The molecule has 6 heteroatoms. The summed E-state index contributed by atoms with van der Waals surface area (Å²) in [7, 11) is 0. The van der Waals surface area contributed by atoms with E-state index >= 15 is 0 Å². The Morgan fingerprint density at radius 2 is 1.55 bits per heavy atom. The number of anilines is 2. The van der Waals surface area contributed by atoms with Crippen LogP contribution in [0.5, 0.6) is 0 Å². The van der Waals surface area contributed by atoms with E-state index in [1.807, 2.05) is 68.4 Å². The number of halogens is 1. The minimum Gasteiger partial charge on any atom is -0.350 e. The van der Waals surface area contributed by atoms with E-state index in [0.29, 0.717) is 21.5 Å². The van der Waals surface area contributed by atoms with E-state index in [9.17, 15) is 9.59 Å². The van der Waals surface area contributed by atoms with Gasteiger partial charge in [0.1, 0.15) is 10.6 Å². The van der Waals surface area contributed by atoms with Crippen molar-refractivity contribution in [1.29, 1.82) is 0 Å². The summed E-state index contributed by atoms with van der Waals surface area (Å²) in [6, 6.07) is 20.8. The van der Waals surface area contributed by atoms with Gasteiger partial charge in [0.15, 0.2) is 0 Å². The van der Waals surface area contributed by atoms with Crippen LogP contribution in [0.3, 0.4) is 0 Å². The van der Waals surface area contributed by atoms with Gasteiger partial charge < -0.3 is 5.32 Å². The summed E-state index contributed by atoms with van der Waals surface area (Å²) < 4.78 is 0. The predicted octanol–water partition coefficient (Wildman–Crippen LogP) is 7.07. The zero-order chi connectivity index (χ0) is 23.7. The fraction of sp³-hybridized carbons (Fsp3) is 0.185. The quantitative estimate of drug-likeness (QED) is 0.386. The summed E-state index contributed by atoms with van der Waals surface area (Å²) in [6.07, 6.45) is 0. The average Bonchev–Trinajstić information content (AvgIpc) is 3.01. The van der Waals surface area contributed by atoms with Crippen LogP contribution in [-0.4, -0.2) is 11.8 Å². The molecule has 33 heavy (non-hydrogen) atoms. The lowest BCUT2D eigenvalue weighted by atomic mass is 10.0. The van der Waals surface area contributed by atoms with E-state index in [-0.39, 0.29) is 17.5 Å². The maximum atomic E-state index is 13.6. The Bertz CT molecular complexity index is 1250. The van der Waals surface area contributed by atoms with Gasteiger partial charge >= 0.3 is 0 Å². The number of nitrogens with zero attached hydrogens (tertiary/aromatic N) is 1. The van der Waals surface area contributed by atoms with Crippen LogP contribution in [0.4, 0.5) is 11.4 Å². The second-order valence-corrected chi connectivity index (χ2v) is 9.85. The molecule has 4 nitrogen and oxygen atoms in total. The van der Waals surface area contributed by atoms with Gasteiger partial charge in [0.05, 0.1) is 5.69 Å². The molecule has 2 amide bonds. The average molecular weight is 477 g/mol. The minimum absolute atomic E-state index is 0.276. The number of hydrogen-bond donors (Lipinski definition) is 1. The molecule has 0 spiro atoms. The number of imide groups is 1. The predicted molar refractivity (Wildman–Crippen MR) is 137 cm³/mol. The zero-order valence-corrected chi connectivity index (χ0v) is 20.6. The number of rotatable bonds is 6. The van der Waals surface area contributed by atoms with Crippen molar-refractivity contribution >= 4 is 46.6 Å². The molecule has 3 aromatic rings. The molecule has 1 heterocycles. The smallest absolute Gasteiger partial charge is 0.283 e. The third kappa shape index (κ3) is 4.70. The first-order valence-electron chi connectivity index (χ1n) is 10.8. The first kappa shape index (κ1) is 23.1. The number of nitrogens with one attached hydrogen (secondary N) is 1. The van der Waals surface area contributed by atoms with Gasteiger partial charge in [-0.15, -0.1) is 0 Å². The molecular formula is C27H25ClN2O2S. The maximum Gasteiger partial charge on any atom is 0.283 e. The fourth-order valence-corrected chi connectivity index (χ4v) is 4.68. The Balaban J connectivity index is 1.74. The lowest BCUT2D eigenvalue weighted by Crippen LogP contribution is -2.33. The first-order valence-corrected chi connectivity index (χ1v) is 12.0. The molecule has 0 saturated heterocycles. The summed E-state index contributed by atoms with van der Waals surface area (Å²) in [5.41, 5.74) is 4.76. The standard InChI is InChI=1S/C27H25ClN2O2S/c1-16(2)19-8-12-21(13-9-19)29-24-25(33-22-14-10-20(28)11-15-22)27(32)30(26(24)31)23-7-5-6-17(3)18(23)4/h5-16,29H,1-4H3. The summed E-state index contributed by atoms with van der Waals surface area (Å²) >= 11 is 7.29. The van der Waals surface area contributed by atoms with Crippen LogP contribution in [0.15, 0.2) is 82.2 Å². The molecular weight excluding hydrogens is 452 g/mol. The highest BCUT2D eigenvalue weighted by Gasteiger charge is 2.41. The number of benzene rings is 3. The molecule has 1 aliphatic heterocycles. The molecule has 0 unspecified atom stereocenters. The second-order valence-electron chi connectivity index (χ2n) is 8.33. The van der Waals surface area contributed by atoms with Crippen molar-refractivity contribution in [3.63, 3.8) is 0 Å². The Morgan fingerprint density at radius 3 is 2.18 bits per heavy atom. The molecule has 0 radical (unpaired) electrons. The van der Waals surface area contributed by atoms with Crippen LogP contribution in [0, 0.1) is 13.8 Å². The van der Waals surface area contributed by atoms with Crippen LogP contribution < -0.4 is 10.2 Å². The van der Waals surface area contributed by atoms with Gasteiger partial charge in [-0.25, -0.2) is 4.90 Å². The maximum absolute atomic E-state index is 13.6. The van der Waals surface area contributed by atoms with Crippen molar-refractivity contribution in [2.75, 3.05) is 10.2 Å². The zero-order valence-electron chi connectivity index (χ0n) is 19.0. The number of carbonyl (C=O) groups excluding carboxylic acids is 2. The van der Waals surface area contributed by atoms with Gasteiger partial charge in [0, 0.05) is 15.6 Å². The molecule has 168 valence electrons. The van der Waals surface area contributed by atoms with Crippen molar-refractivity contribution in [3.05, 3.63) is 99.0 Å². The van der Waals surface area contributed by atoms with E-state index in [0.717, 1.165) is 21.7 Å². The summed E-state index contributed by atoms with van der Waals surface area (Å²) in [5, 5.41) is 3.84. The van der Waals surface area contributed by atoms with E-state index in [2.05, 4.69) is 19.2 Å². The van der Waals surface area contributed by atoms with Crippen LogP contribution in [0.1, 0.15) is 36.5 Å². The van der Waals surface area contributed by atoms with Crippen molar-refractivity contribution in [2.45, 2.75) is 38.5 Å². The van der Waals surface area contributed by atoms with Gasteiger partial charge in [-0.2, -0.15) is 0 Å². The monoisotopic (exact) mass is 476 g/mol. The molecule has 0 saturated carbocycles. The number of hydrogen-bond acceptors (Lipinski definition) is 4. The van der Waals surface area contributed by atoms with Gasteiger partial charge in [-0.1, -0.05) is 61.5 Å². The summed E-state index contributed by atoms with van der Waals surface area (Å²) in [6.45, 7) is 8.16. The van der Waals surface area contributed by atoms with Gasteiger partial charge in [0.25, 0.3) is 11.8 Å². The number of thioether (sulfide) groups is 1. The molecule has 0 bridgehead atoms. The van der Waals surface area contributed by atoms with Gasteiger partial charge in [-0.3, -0.25) is 9.59 Å². The topological polar surface area (TPSA) is 49.4 Å². The van der Waals surface area contributed by atoms with Gasteiger partial charge in [-0.05, 0) is 78.9 Å². The Kier molecular flexibility index (Phi) is 6.63. The van der Waals surface area contributed by atoms with E-state index in [1.54, 1.807) is 12.1 Å². The molecule has 0 aliphatic carbocycles. The number of carbonyl (C=O) groups is 2. The van der Waals surface area contributed by atoms with Gasteiger partial charge in [0.2, 0.25) is 0 Å². The molecule has 3 aromatic carbocycles. The lowest BCUT2D eigenvalue weighted by molar-refractivity contribution is -0.120. The largest absolute Gasteiger partial charge is 0.350 e. The second kappa shape index (κ2) is 9.46. The minimum atomic E-state index is -0.363. The lowest BCUT2D eigenvalue weighted by Gasteiger charge is -2.19.